The van der Waals surface area contributed by atoms with E-state index < -0.39 is 0 Å². The van der Waals surface area contributed by atoms with Crippen LogP contribution in [-0.4, -0.2) is 76.2 Å². The molecule has 1 aliphatic rings. The Morgan fingerprint density at radius 2 is 1.56 bits per heavy atom. The molecule has 0 unspecified atom stereocenters. The van der Waals surface area contributed by atoms with Crippen LogP contribution in [0.2, 0.25) is 0 Å². The average molecular weight is 379 g/mol. The standard InChI is InChI=1S/C19H34N6O2/c1-14-18(15(2)23(6)22-14)20-16(26)12-24-8-7-9-25(11-10-24)13-17(27)21-19(3,4)5/h7-13H2,1-6H3,(H,20,26)(H,21,27). The van der Waals surface area contributed by atoms with Crippen LogP contribution in [-0.2, 0) is 16.6 Å². The minimum atomic E-state index is -0.213. The zero-order valence-electron chi connectivity index (χ0n) is 17.6. The second-order valence-corrected chi connectivity index (χ2v) is 8.42. The average Bonchev–Trinajstić information content (AvgIpc) is 2.70. The van der Waals surface area contributed by atoms with Crippen molar-refractivity contribution in [3.63, 3.8) is 0 Å². The topological polar surface area (TPSA) is 82.5 Å². The van der Waals surface area contributed by atoms with Gasteiger partial charge < -0.3 is 10.6 Å². The van der Waals surface area contributed by atoms with E-state index in [0.717, 1.165) is 49.7 Å². The van der Waals surface area contributed by atoms with Crippen molar-refractivity contribution in [3.8, 4) is 0 Å². The van der Waals surface area contributed by atoms with Crippen LogP contribution in [0, 0.1) is 13.8 Å². The molecule has 1 aromatic heterocycles. The molecule has 0 atom stereocenters. The van der Waals surface area contributed by atoms with Gasteiger partial charge in [-0.15, -0.1) is 0 Å². The number of aromatic nitrogens is 2. The highest BCUT2D eigenvalue weighted by molar-refractivity contribution is 5.93. The molecule has 1 saturated heterocycles. The molecule has 0 aromatic carbocycles. The summed E-state index contributed by atoms with van der Waals surface area (Å²) < 4.78 is 1.78. The van der Waals surface area contributed by atoms with Gasteiger partial charge in [0.2, 0.25) is 11.8 Å². The molecule has 152 valence electrons. The van der Waals surface area contributed by atoms with Crippen LogP contribution < -0.4 is 10.6 Å². The Balaban J connectivity index is 1.82. The fourth-order valence-corrected chi connectivity index (χ4v) is 3.34. The summed E-state index contributed by atoms with van der Waals surface area (Å²) in [6.45, 7) is 13.9. The fraction of sp³-hybridized carbons (Fsp3) is 0.737. The Morgan fingerprint density at radius 1 is 1.00 bits per heavy atom. The lowest BCUT2D eigenvalue weighted by molar-refractivity contribution is -0.123. The number of carbonyl (C=O) groups is 2. The Kier molecular flexibility index (Phi) is 7.00. The van der Waals surface area contributed by atoms with E-state index in [0.29, 0.717) is 13.1 Å². The van der Waals surface area contributed by atoms with Crippen LogP contribution in [0.25, 0.3) is 0 Å². The smallest absolute Gasteiger partial charge is 0.238 e. The molecule has 27 heavy (non-hydrogen) atoms. The number of carbonyl (C=O) groups excluding carboxylic acids is 2. The molecule has 0 bridgehead atoms. The lowest BCUT2D eigenvalue weighted by atomic mass is 10.1. The maximum atomic E-state index is 12.5. The third-order valence-electron chi connectivity index (χ3n) is 4.70. The fourth-order valence-electron chi connectivity index (χ4n) is 3.34. The first-order chi connectivity index (χ1) is 12.5. The summed E-state index contributed by atoms with van der Waals surface area (Å²) in [6.07, 6.45) is 0.945. The van der Waals surface area contributed by atoms with Crippen LogP contribution in [0.15, 0.2) is 0 Å². The highest BCUT2D eigenvalue weighted by atomic mass is 16.2. The van der Waals surface area contributed by atoms with Gasteiger partial charge in [0.05, 0.1) is 30.2 Å². The van der Waals surface area contributed by atoms with Crippen molar-refractivity contribution in [1.82, 2.24) is 24.9 Å². The summed E-state index contributed by atoms with van der Waals surface area (Å²) in [6, 6.07) is 0. The second-order valence-electron chi connectivity index (χ2n) is 8.42. The van der Waals surface area contributed by atoms with Gasteiger partial charge in [-0.25, -0.2) is 0 Å². The van der Waals surface area contributed by atoms with Crippen LogP contribution in [0.1, 0.15) is 38.6 Å². The SMILES string of the molecule is Cc1nn(C)c(C)c1NC(=O)CN1CCCN(CC(=O)NC(C)(C)C)CC1. The summed E-state index contributed by atoms with van der Waals surface area (Å²) in [4.78, 5) is 28.9. The van der Waals surface area contributed by atoms with Gasteiger partial charge in [0.25, 0.3) is 0 Å². The Morgan fingerprint density at radius 3 is 2.04 bits per heavy atom. The molecule has 8 nitrogen and oxygen atoms in total. The molecule has 1 aromatic rings. The summed E-state index contributed by atoms with van der Waals surface area (Å²) in [5, 5.41) is 10.3. The molecule has 0 aliphatic carbocycles. The van der Waals surface area contributed by atoms with Crippen molar-refractivity contribution in [1.29, 1.82) is 0 Å². The van der Waals surface area contributed by atoms with E-state index >= 15 is 0 Å². The van der Waals surface area contributed by atoms with Crippen molar-refractivity contribution >= 4 is 17.5 Å². The quantitative estimate of drug-likeness (QED) is 0.795. The number of nitrogens with zero attached hydrogens (tertiary/aromatic N) is 4. The molecule has 1 aliphatic heterocycles. The third kappa shape index (κ3) is 6.62. The number of hydrogen-bond acceptors (Lipinski definition) is 5. The molecule has 2 rings (SSSR count). The maximum Gasteiger partial charge on any atom is 0.238 e. The number of hydrogen-bond donors (Lipinski definition) is 2. The molecular formula is C19H34N6O2. The van der Waals surface area contributed by atoms with Crippen LogP contribution >= 0.6 is 0 Å². The largest absolute Gasteiger partial charge is 0.350 e. The zero-order chi connectivity index (χ0) is 20.2. The van der Waals surface area contributed by atoms with Gasteiger partial charge >= 0.3 is 0 Å². The lowest BCUT2D eigenvalue weighted by Crippen LogP contribution is -2.46. The number of rotatable bonds is 5. The molecule has 8 heteroatoms. The molecule has 2 heterocycles. The van der Waals surface area contributed by atoms with E-state index in [1.165, 1.54) is 0 Å². The lowest BCUT2D eigenvalue weighted by Gasteiger charge is -2.25. The van der Waals surface area contributed by atoms with E-state index in [2.05, 4.69) is 25.5 Å². The predicted octanol–water partition coefficient (Wildman–Crippen LogP) is 0.898. The van der Waals surface area contributed by atoms with E-state index in [4.69, 9.17) is 0 Å². The van der Waals surface area contributed by atoms with E-state index in [1.54, 1.807) is 4.68 Å². The van der Waals surface area contributed by atoms with Crippen LogP contribution in [0.5, 0.6) is 0 Å². The van der Waals surface area contributed by atoms with Crippen molar-refractivity contribution in [2.75, 3.05) is 44.6 Å². The van der Waals surface area contributed by atoms with Gasteiger partial charge in [0.1, 0.15) is 0 Å². The summed E-state index contributed by atoms with van der Waals surface area (Å²) in [7, 11) is 1.87. The summed E-state index contributed by atoms with van der Waals surface area (Å²) in [5.74, 6) is 0.0318. The Bertz CT molecular complexity index is 676. The van der Waals surface area contributed by atoms with Gasteiger partial charge in [0, 0.05) is 25.7 Å². The van der Waals surface area contributed by atoms with Gasteiger partial charge in [-0.05, 0) is 54.1 Å². The molecule has 1 fully saturated rings. The van der Waals surface area contributed by atoms with E-state index in [-0.39, 0.29) is 17.4 Å². The monoisotopic (exact) mass is 378 g/mol. The van der Waals surface area contributed by atoms with Crippen molar-refractivity contribution in [2.45, 2.75) is 46.6 Å². The molecule has 0 saturated carbocycles. The number of aryl methyl sites for hydroxylation is 2. The highest BCUT2D eigenvalue weighted by Gasteiger charge is 2.21. The van der Waals surface area contributed by atoms with Gasteiger partial charge in [-0.3, -0.25) is 24.1 Å². The second kappa shape index (κ2) is 8.84. The normalized spacial score (nSPS) is 16.8. The van der Waals surface area contributed by atoms with Crippen LogP contribution in [0.3, 0.4) is 0 Å². The number of amides is 2. The Labute approximate surface area is 162 Å². The number of anilines is 1. The summed E-state index contributed by atoms with van der Waals surface area (Å²) in [5.41, 5.74) is 2.37. The molecule has 0 radical (unpaired) electrons. The Hall–Kier alpha value is -1.93. The van der Waals surface area contributed by atoms with Gasteiger partial charge in [0.15, 0.2) is 0 Å². The van der Waals surface area contributed by atoms with Gasteiger partial charge in [-0.1, -0.05) is 0 Å². The molecule has 2 amide bonds. The first-order valence-corrected chi connectivity index (χ1v) is 9.61. The van der Waals surface area contributed by atoms with Gasteiger partial charge in [-0.2, -0.15) is 5.10 Å². The zero-order valence-corrected chi connectivity index (χ0v) is 17.6. The number of nitrogens with one attached hydrogen (secondary N) is 2. The van der Waals surface area contributed by atoms with E-state index in [1.807, 2.05) is 41.7 Å². The molecule has 0 spiro atoms. The minimum Gasteiger partial charge on any atom is -0.350 e. The van der Waals surface area contributed by atoms with E-state index in [9.17, 15) is 9.59 Å². The first-order valence-electron chi connectivity index (χ1n) is 9.61. The van der Waals surface area contributed by atoms with Crippen LogP contribution in [0.4, 0.5) is 5.69 Å². The van der Waals surface area contributed by atoms with Crippen molar-refractivity contribution < 1.29 is 9.59 Å². The molecular weight excluding hydrogens is 344 g/mol. The van der Waals surface area contributed by atoms with Crippen molar-refractivity contribution in [3.05, 3.63) is 11.4 Å². The predicted molar refractivity (Wildman–Crippen MR) is 107 cm³/mol. The first kappa shape index (κ1) is 21.4. The minimum absolute atomic E-state index is 0.0203. The highest BCUT2D eigenvalue weighted by Crippen LogP contribution is 2.18. The molecule has 2 N–H and O–H groups in total. The summed E-state index contributed by atoms with van der Waals surface area (Å²) >= 11 is 0. The maximum absolute atomic E-state index is 12.5. The third-order valence-corrected chi connectivity index (χ3v) is 4.70. The van der Waals surface area contributed by atoms with Crippen molar-refractivity contribution in [2.24, 2.45) is 7.05 Å².